The van der Waals surface area contributed by atoms with Gasteiger partial charge in [-0.1, -0.05) is 0 Å². The second kappa shape index (κ2) is 4.51. The van der Waals surface area contributed by atoms with Crippen LogP contribution in [0.5, 0.6) is 0 Å². The SMILES string of the molecule is CN(Cc1n[nH]c(=O)[nH]1)C(=O)C(C)(C)C(C)(F)F. The molecule has 0 aliphatic carbocycles. The van der Waals surface area contributed by atoms with Crippen molar-refractivity contribution < 1.29 is 13.6 Å². The van der Waals surface area contributed by atoms with Gasteiger partial charge in [0.05, 0.1) is 6.54 Å². The van der Waals surface area contributed by atoms with Gasteiger partial charge in [-0.15, -0.1) is 0 Å². The second-order valence-corrected chi connectivity index (χ2v) is 4.80. The highest BCUT2D eigenvalue weighted by molar-refractivity contribution is 5.82. The van der Waals surface area contributed by atoms with Gasteiger partial charge in [0.2, 0.25) is 5.91 Å². The Balaban J connectivity index is 2.82. The number of hydrogen-bond acceptors (Lipinski definition) is 3. The van der Waals surface area contributed by atoms with Gasteiger partial charge in [0.15, 0.2) is 5.82 Å². The van der Waals surface area contributed by atoms with E-state index in [1.165, 1.54) is 20.9 Å². The fourth-order valence-corrected chi connectivity index (χ4v) is 1.34. The van der Waals surface area contributed by atoms with E-state index in [2.05, 4.69) is 15.2 Å². The Bertz CT molecular complexity index is 487. The van der Waals surface area contributed by atoms with Gasteiger partial charge in [-0.25, -0.2) is 18.7 Å². The number of aromatic amines is 2. The molecule has 1 rings (SSSR count). The molecule has 6 nitrogen and oxygen atoms in total. The number of carbonyl (C=O) groups is 1. The maximum absolute atomic E-state index is 13.3. The quantitative estimate of drug-likeness (QED) is 0.839. The topological polar surface area (TPSA) is 81.8 Å². The second-order valence-electron chi connectivity index (χ2n) is 4.80. The lowest BCUT2D eigenvalue weighted by Crippen LogP contribution is -2.47. The molecule has 2 N–H and O–H groups in total. The van der Waals surface area contributed by atoms with Crippen LogP contribution < -0.4 is 5.69 Å². The number of hydrogen-bond donors (Lipinski definition) is 2. The highest BCUT2D eigenvalue weighted by Crippen LogP contribution is 2.37. The minimum atomic E-state index is -3.14. The molecule has 0 fully saturated rings. The summed E-state index contributed by atoms with van der Waals surface area (Å²) in [6.45, 7) is 3.02. The van der Waals surface area contributed by atoms with Crippen molar-refractivity contribution in [1.29, 1.82) is 0 Å². The Hall–Kier alpha value is -1.73. The summed E-state index contributed by atoms with van der Waals surface area (Å²) in [6, 6.07) is 0. The predicted octanol–water partition coefficient (Wildman–Crippen LogP) is 0.738. The lowest BCUT2D eigenvalue weighted by atomic mass is 9.85. The van der Waals surface area contributed by atoms with Crippen molar-refractivity contribution in [2.24, 2.45) is 5.41 Å². The molecule has 0 atom stereocenters. The van der Waals surface area contributed by atoms with Gasteiger partial charge < -0.3 is 4.90 Å². The van der Waals surface area contributed by atoms with Gasteiger partial charge in [0.1, 0.15) is 5.41 Å². The highest BCUT2D eigenvalue weighted by Gasteiger charge is 2.49. The number of amides is 1. The Kier molecular flexibility index (Phi) is 3.59. The summed E-state index contributed by atoms with van der Waals surface area (Å²) in [5.41, 5.74) is -2.33. The van der Waals surface area contributed by atoms with Crippen molar-refractivity contribution in [1.82, 2.24) is 20.1 Å². The van der Waals surface area contributed by atoms with Gasteiger partial charge in [-0.05, 0) is 13.8 Å². The van der Waals surface area contributed by atoms with E-state index in [-0.39, 0.29) is 12.4 Å². The molecule has 1 heterocycles. The third kappa shape index (κ3) is 2.74. The van der Waals surface area contributed by atoms with Crippen molar-refractivity contribution in [2.45, 2.75) is 33.2 Å². The van der Waals surface area contributed by atoms with Crippen LogP contribution in [0.15, 0.2) is 4.79 Å². The average molecular weight is 262 g/mol. The van der Waals surface area contributed by atoms with E-state index >= 15 is 0 Å². The molecule has 1 aromatic heterocycles. The molecule has 18 heavy (non-hydrogen) atoms. The molecule has 0 radical (unpaired) electrons. The van der Waals surface area contributed by atoms with Crippen LogP contribution in [0.2, 0.25) is 0 Å². The van der Waals surface area contributed by atoms with Crippen molar-refractivity contribution in [2.75, 3.05) is 7.05 Å². The van der Waals surface area contributed by atoms with Crippen molar-refractivity contribution in [3.05, 3.63) is 16.3 Å². The third-order valence-corrected chi connectivity index (χ3v) is 2.92. The first kappa shape index (κ1) is 14.3. The first-order valence-corrected chi connectivity index (χ1v) is 5.32. The highest BCUT2D eigenvalue weighted by atomic mass is 19.3. The molecule has 0 saturated heterocycles. The number of carbonyl (C=O) groups excluding carboxylic acids is 1. The number of nitrogens with one attached hydrogen (secondary N) is 2. The molecule has 8 heteroatoms. The summed E-state index contributed by atoms with van der Waals surface area (Å²) in [5, 5.41) is 5.74. The lowest BCUT2D eigenvalue weighted by molar-refractivity contribution is -0.161. The Morgan fingerprint density at radius 1 is 1.39 bits per heavy atom. The molecular weight excluding hydrogens is 246 g/mol. The zero-order valence-corrected chi connectivity index (χ0v) is 10.7. The maximum Gasteiger partial charge on any atom is 0.340 e. The maximum atomic E-state index is 13.3. The first-order valence-electron chi connectivity index (χ1n) is 5.32. The number of rotatable bonds is 4. The van der Waals surface area contributed by atoms with Crippen molar-refractivity contribution in [3.63, 3.8) is 0 Å². The lowest BCUT2D eigenvalue weighted by Gasteiger charge is -2.33. The smallest absolute Gasteiger partial charge is 0.338 e. The van der Waals surface area contributed by atoms with Crippen LogP contribution in [0, 0.1) is 5.41 Å². The van der Waals surface area contributed by atoms with Gasteiger partial charge >= 0.3 is 5.69 Å². The van der Waals surface area contributed by atoms with Crippen LogP contribution in [0.4, 0.5) is 8.78 Å². The fraction of sp³-hybridized carbons (Fsp3) is 0.700. The summed E-state index contributed by atoms with van der Waals surface area (Å²) in [5.74, 6) is -3.65. The molecule has 0 saturated carbocycles. The molecule has 0 aliphatic rings. The molecule has 0 spiro atoms. The molecule has 0 bridgehead atoms. The fourth-order valence-electron chi connectivity index (χ4n) is 1.34. The van der Waals surface area contributed by atoms with Crippen LogP contribution >= 0.6 is 0 Å². The Morgan fingerprint density at radius 3 is 2.33 bits per heavy atom. The van der Waals surface area contributed by atoms with E-state index in [0.717, 1.165) is 4.90 Å². The monoisotopic (exact) mass is 262 g/mol. The van der Waals surface area contributed by atoms with E-state index < -0.39 is 22.9 Å². The van der Waals surface area contributed by atoms with Gasteiger partial charge in [0, 0.05) is 14.0 Å². The van der Waals surface area contributed by atoms with Gasteiger partial charge in [-0.3, -0.25) is 9.78 Å². The summed E-state index contributed by atoms with van der Waals surface area (Å²) in [7, 11) is 1.38. The Labute approximate surface area is 102 Å². The number of aromatic nitrogens is 3. The Morgan fingerprint density at radius 2 is 1.94 bits per heavy atom. The van der Waals surface area contributed by atoms with Gasteiger partial charge in [0.25, 0.3) is 5.92 Å². The number of halogens is 2. The standard InChI is InChI=1S/C10H16F2N4O2/c1-9(2,10(3,11)12)7(17)16(4)5-6-13-8(18)15-14-6/h5H2,1-4H3,(H2,13,14,15,18). The van der Waals surface area contributed by atoms with E-state index in [9.17, 15) is 18.4 Å². The van der Waals surface area contributed by atoms with Crippen molar-refractivity contribution in [3.8, 4) is 0 Å². The molecular formula is C10H16F2N4O2. The number of H-pyrrole nitrogens is 2. The minimum Gasteiger partial charge on any atom is -0.338 e. The normalized spacial score (nSPS) is 12.6. The van der Waals surface area contributed by atoms with Crippen LogP contribution in [0.25, 0.3) is 0 Å². The van der Waals surface area contributed by atoms with Gasteiger partial charge in [-0.2, -0.15) is 5.10 Å². The number of nitrogens with zero attached hydrogens (tertiary/aromatic N) is 2. The zero-order chi connectivity index (χ0) is 14.1. The van der Waals surface area contributed by atoms with Crippen LogP contribution in [-0.4, -0.2) is 39.0 Å². The van der Waals surface area contributed by atoms with E-state index in [4.69, 9.17) is 0 Å². The average Bonchev–Trinajstić information content (AvgIpc) is 2.61. The third-order valence-electron chi connectivity index (χ3n) is 2.92. The molecule has 0 aliphatic heterocycles. The largest absolute Gasteiger partial charge is 0.340 e. The predicted molar refractivity (Wildman–Crippen MR) is 60.1 cm³/mol. The van der Waals surface area contributed by atoms with Crippen LogP contribution in [0.1, 0.15) is 26.6 Å². The molecule has 0 aromatic carbocycles. The van der Waals surface area contributed by atoms with E-state index in [0.29, 0.717) is 6.92 Å². The van der Waals surface area contributed by atoms with E-state index in [1.54, 1.807) is 0 Å². The minimum absolute atomic E-state index is 0.0446. The summed E-state index contributed by atoms with van der Waals surface area (Å²) >= 11 is 0. The molecule has 1 aromatic rings. The van der Waals surface area contributed by atoms with Crippen molar-refractivity contribution >= 4 is 5.91 Å². The molecule has 0 unspecified atom stereocenters. The molecule has 102 valence electrons. The summed E-state index contributed by atoms with van der Waals surface area (Å²) < 4.78 is 26.7. The first-order chi connectivity index (χ1) is 8.05. The van der Waals surface area contributed by atoms with Crippen LogP contribution in [0.3, 0.4) is 0 Å². The zero-order valence-electron chi connectivity index (χ0n) is 10.7. The van der Waals surface area contributed by atoms with E-state index in [1.807, 2.05) is 0 Å². The summed E-state index contributed by atoms with van der Waals surface area (Å²) in [4.78, 5) is 26.2. The van der Waals surface area contributed by atoms with Crippen LogP contribution in [-0.2, 0) is 11.3 Å². The molecule has 1 amide bonds. The summed E-state index contributed by atoms with van der Waals surface area (Å²) in [6.07, 6.45) is 0. The number of alkyl halides is 2.